The zero-order valence-corrected chi connectivity index (χ0v) is 30.2. The van der Waals surface area contributed by atoms with Gasteiger partial charge < -0.3 is 14.2 Å². The van der Waals surface area contributed by atoms with E-state index in [0.29, 0.717) is 24.3 Å². The molecule has 0 heterocycles. The number of hydrogen-bond acceptors (Lipinski definition) is 7. The van der Waals surface area contributed by atoms with E-state index in [1.807, 2.05) is 48.5 Å². The highest BCUT2D eigenvalue weighted by molar-refractivity contribution is 7.99. The first-order valence-corrected chi connectivity index (χ1v) is 18.6. The molecule has 0 aliphatic rings. The highest BCUT2D eigenvalue weighted by atomic mass is 32.2. The molecule has 4 rings (SSSR count). The van der Waals surface area contributed by atoms with Crippen molar-refractivity contribution in [1.29, 1.82) is 0 Å². The van der Waals surface area contributed by atoms with Gasteiger partial charge in [0.05, 0.1) is 18.8 Å². The van der Waals surface area contributed by atoms with Gasteiger partial charge in [0.1, 0.15) is 5.75 Å². The first-order valence-electron chi connectivity index (χ1n) is 16.6. The second-order valence-corrected chi connectivity index (χ2v) is 13.5. The van der Waals surface area contributed by atoms with Crippen LogP contribution in [0.2, 0.25) is 0 Å². The fourth-order valence-electron chi connectivity index (χ4n) is 4.37. The van der Waals surface area contributed by atoms with Gasteiger partial charge in [0.2, 0.25) is 0 Å². The molecule has 0 saturated heterocycles. The Bertz CT molecular complexity index is 1900. The average molecular weight is 737 g/mol. The standard InChI is InChI=1S/C43H38F2O5S2/c1-3-41(46)48-29-5-7-31-51-39-25-17-35(18-26-39)11-9-33-13-21-37(22-14-33)43(44,45)50-38-23-15-34(16-24-38)10-12-36-19-27-40(28-20-36)52-32-8-6-30-49-42(47)4-2/h3-4,13-28H,1-2,5-8,29-32H2. The minimum Gasteiger partial charge on any atom is -0.463 e. The number of esters is 2. The molecule has 4 aromatic carbocycles. The summed E-state index contributed by atoms with van der Waals surface area (Å²) in [7, 11) is 0. The molecule has 0 N–H and O–H groups in total. The highest BCUT2D eigenvalue weighted by Crippen LogP contribution is 2.32. The van der Waals surface area contributed by atoms with Crippen molar-refractivity contribution in [2.24, 2.45) is 0 Å². The summed E-state index contributed by atoms with van der Waals surface area (Å²) in [6.07, 6.45) is 2.19. The fourth-order valence-corrected chi connectivity index (χ4v) is 6.20. The third kappa shape index (κ3) is 14.2. The van der Waals surface area contributed by atoms with Crippen LogP contribution < -0.4 is 4.74 Å². The van der Waals surface area contributed by atoms with Crippen molar-refractivity contribution in [2.45, 2.75) is 41.6 Å². The van der Waals surface area contributed by atoms with Crippen molar-refractivity contribution in [2.75, 3.05) is 24.7 Å². The van der Waals surface area contributed by atoms with Crippen molar-refractivity contribution >= 4 is 35.5 Å². The SMILES string of the molecule is C=CC(=O)OCCCCSc1ccc(C#Cc2ccc(OC(F)(F)c3ccc(C#Cc4ccc(SCCCCOC(=O)C=C)cc4)cc3)cc2)cc1. The summed E-state index contributed by atoms with van der Waals surface area (Å²) in [4.78, 5) is 24.3. The maximum Gasteiger partial charge on any atom is 0.426 e. The highest BCUT2D eigenvalue weighted by Gasteiger charge is 2.34. The maximum atomic E-state index is 15.0. The number of carbonyl (C=O) groups excluding carboxylic acids is 2. The van der Waals surface area contributed by atoms with Gasteiger partial charge in [0, 0.05) is 44.2 Å². The van der Waals surface area contributed by atoms with Crippen LogP contribution in [-0.4, -0.2) is 36.7 Å². The van der Waals surface area contributed by atoms with Gasteiger partial charge in [-0.25, -0.2) is 9.59 Å². The molecule has 0 aliphatic carbocycles. The second-order valence-electron chi connectivity index (χ2n) is 11.1. The number of rotatable bonds is 17. The molecule has 0 unspecified atom stereocenters. The summed E-state index contributed by atoms with van der Waals surface area (Å²) in [5.74, 6) is 13.3. The van der Waals surface area contributed by atoms with E-state index in [0.717, 1.165) is 70.3 Å². The minimum absolute atomic E-state index is 0.0234. The summed E-state index contributed by atoms with van der Waals surface area (Å²) in [5, 5.41) is 0. The van der Waals surface area contributed by atoms with Gasteiger partial charge >= 0.3 is 18.0 Å². The summed E-state index contributed by atoms with van der Waals surface area (Å²) in [5.41, 5.74) is 2.64. The van der Waals surface area contributed by atoms with E-state index in [1.54, 1.807) is 47.8 Å². The van der Waals surface area contributed by atoms with Gasteiger partial charge in [0.15, 0.2) is 0 Å². The normalized spacial score (nSPS) is 10.5. The number of thioether (sulfide) groups is 2. The Balaban J connectivity index is 1.21. The van der Waals surface area contributed by atoms with E-state index >= 15 is 8.78 Å². The van der Waals surface area contributed by atoms with E-state index < -0.39 is 18.0 Å². The minimum atomic E-state index is -3.54. The van der Waals surface area contributed by atoms with Crippen molar-refractivity contribution < 1.29 is 32.6 Å². The molecule has 0 saturated carbocycles. The van der Waals surface area contributed by atoms with Crippen LogP contribution in [-0.2, 0) is 25.2 Å². The van der Waals surface area contributed by atoms with Gasteiger partial charge in [-0.1, -0.05) is 36.8 Å². The van der Waals surface area contributed by atoms with Crippen LogP contribution in [0.3, 0.4) is 0 Å². The monoisotopic (exact) mass is 736 g/mol. The van der Waals surface area contributed by atoms with Crippen LogP contribution in [0.25, 0.3) is 0 Å². The summed E-state index contributed by atoms with van der Waals surface area (Å²) in [6, 6.07) is 27.7. The molecule has 52 heavy (non-hydrogen) atoms. The van der Waals surface area contributed by atoms with Crippen LogP contribution in [0.1, 0.15) is 53.5 Å². The molecule has 0 amide bonds. The van der Waals surface area contributed by atoms with Crippen LogP contribution in [0.4, 0.5) is 8.78 Å². The van der Waals surface area contributed by atoms with Gasteiger partial charge in [0.25, 0.3) is 0 Å². The number of carbonyl (C=O) groups is 2. The van der Waals surface area contributed by atoms with Crippen molar-refractivity contribution in [1.82, 2.24) is 0 Å². The number of unbranched alkanes of at least 4 members (excludes halogenated alkanes) is 2. The summed E-state index contributed by atoms with van der Waals surface area (Å²) in [6.45, 7) is 7.52. The van der Waals surface area contributed by atoms with E-state index in [9.17, 15) is 9.59 Å². The number of ether oxygens (including phenoxy) is 3. The molecule has 5 nitrogen and oxygen atoms in total. The third-order valence-corrected chi connectivity index (χ3v) is 9.37. The molecule has 266 valence electrons. The molecule has 0 bridgehead atoms. The Labute approximate surface area is 312 Å². The lowest BCUT2D eigenvalue weighted by Crippen LogP contribution is -2.21. The largest absolute Gasteiger partial charge is 0.463 e. The topological polar surface area (TPSA) is 61.8 Å². The predicted molar refractivity (Wildman–Crippen MR) is 204 cm³/mol. The molecule has 0 aromatic heterocycles. The molecule has 9 heteroatoms. The Hall–Kier alpha value is -5.22. The van der Waals surface area contributed by atoms with Crippen LogP contribution >= 0.6 is 23.5 Å². The number of alkyl halides is 2. The van der Waals surface area contributed by atoms with Crippen LogP contribution in [0.15, 0.2) is 132 Å². The quantitative estimate of drug-likeness (QED) is 0.0352. The van der Waals surface area contributed by atoms with Gasteiger partial charge in [-0.15, -0.1) is 23.5 Å². The van der Waals surface area contributed by atoms with E-state index in [-0.39, 0.29) is 11.3 Å². The molecule has 0 spiro atoms. The smallest absolute Gasteiger partial charge is 0.426 e. The zero-order valence-electron chi connectivity index (χ0n) is 28.6. The van der Waals surface area contributed by atoms with Crippen LogP contribution in [0.5, 0.6) is 5.75 Å². The Kier molecular flexibility index (Phi) is 16.1. The average Bonchev–Trinajstić information content (AvgIpc) is 3.17. The second kappa shape index (κ2) is 21.2. The number of halogens is 2. The molecular formula is C43H38F2O5S2. The maximum absolute atomic E-state index is 15.0. The first kappa shape index (κ1) is 39.6. The molecular weight excluding hydrogens is 699 g/mol. The summed E-state index contributed by atoms with van der Waals surface area (Å²) >= 11 is 3.43. The van der Waals surface area contributed by atoms with E-state index in [4.69, 9.17) is 14.2 Å². The van der Waals surface area contributed by atoms with Crippen molar-refractivity contribution in [3.8, 4) is 29.4 Å². The predicted octanol–water partition coefficient (Wildman–Crippen LogP) is 9.82. The number of hydrogen-bond donors (Lipinski definition) is 0. The third-order valence-electron chi connectivity index (χ3n) is 7.17. The van der Waals surface area contributed by atoms with Gasteiger partial charge in [-0.05, 0) is 134 Å². The van der Waals surface area contributed by atoms with Crippen molar-refractivity contribution in [3.63, 3.8) is 0 Å². The van der Waals surface area contributed by atoms with Crippen molar-refractivity contribution in [3.05, 3.63) is 150 Å². The van der Waals surface area contributed by atoms with Gasteiger partial charge in [-0.3, -0.25) is 0 Å². The Morgan fingerprint density at radius 3 is 1.33 bits per heavy atom. The molecule has 0 atom stereocenters. The fraction of sp³-hybridized carbons (Fsp3) is 0.209. The van der Waals surface area contributed by atoms with Gasteiger partial charge in [-0.2, -0.15) is 8.78 Å². The zero-order chi connectivity index (χ0) is 37.0. The lowest BCUT2D eigenvalue weighted by molar-refractivity contribution is -0.185. The molecule has 4 aromatic rings. The lowest BCUT2D eigenvalue weighted by atomic mass is 10.1. The summed E-state index contributed by atoms with van der Waals surface area (Å²) < 4.78 is 45.0. The number of benzene rings is 4. The molecule has 0 radical (unpaired) electrons. The molecule has 0 aliphatic heterocycles. The molecule has 0 fully saturated rings. The Morgan fingerprint density at radius 1 is 0.577 bits per heavy atom. The van der Waals surface area contributed by atoms with Crippen LogP contribution in [0, 0.1) is 23.7 Å². The Morgan fingerprint density at radius 2 is 0.942 bits per heavy atom. The van der Waals surface area contributed by atoms with E-state index in [1.165, 1.54) is 24.3 Å². The first-order chi connectivity index (χ1) is 25.2. The van der Waals surface area contributed by atoms with E-state index in [2.05, 4.69) is 36.8 Å². The lowest BCUT2D eigenvalue weighted by Gasteiger charge is -2.18.